The normalized spacial score (nSPS) is 10.6. The minimum Gasteiger partial charge on any atom is -0.494 e. The van der Waals surface area contributed by atoms with Crippen LogP contribution in [-0.4, -0.2) is 25.3 Å². The molecule has 2 aromatic carbocycles. The van der Waals surface area contributed by atoms with Crippen LogP contribution in [0.3, 0.4) is 0 Å². The number of rotatable bonds is 7. The maximum Gasteiger partial charge on any atom is 0.277 e. The van der Waals surface area contributed by atoms with Crippen LogP contribution >= 0.6 is 0 Å². The zero-order valence-corrected chi connectivity index (χ0v) is 14.2. The fourth-order valence-electron chi connectivity index (χ4n) is 2.19. The Morgan fingerprint density at radius 2 is 1.71 bits per heavy atom. The third-order valence-corrected chi connectivity index (χ3v) is 3.16. The molecule has 0 heterocycles. The van der Waals surface area contributed by atoms with Crippen LogP contribution in [0.25, 0.3) is 0 Å². The van der Waals surface area contributed by atoms with Gasteiger partial charge in [-0.25, -0.2) is 5.43 Å². The van der Waals surface area contributed by atoms with Gasteiger partial charge in [-0.05, 0) is 73.9 Å². The van der Waals surface area contributed by atoms with E-state index >= 15 is 0 Å². The maximum atomic E-state index is 11.7. The smallest absolute Gasteiger partial charge is 0.277 e. The molecule has 0 bridgehead atoms. The van der Waals surface area contributed by atoms with Crippen molar-refractivity contribution in [2.45, 2.75) is 20.8 Å². The highest BCUT2D eigenvalue weighted by Crippen LogP contribution is 2.16. The molecule has 1 amide bonds. The molecule has 5 heteroatoms. The summed E-state index contributed by atoms with van der Waals surface area (Å²) in [5.74, 6) is 1.18. The summed E-state index contributed by atoms with van der Waals surface area (Å²) < 4.78 is 10.8. The Kier molecular flexibility index (Phi) is 6.37. The van der Waals surface area contributed by atoms with Crippen molar-refractivity contribution in [1.29, 1.82) is 0 Å². The van der Waals surface area contributed by atoms with E-state index in [0.29, 0.717) is 12.4 Å². The third kappa shape index (κ3) is 5.76. The Bertz CT molecular complexity index is 689. The minimum absolute atomic E-state index is 0.0799. The molecule has 0 aliphatic carbocycles. The molecule has 0 aromatic heterocycles. The monoisotopic (exact) mass is 326 g/mol. The number of hydrogen-bond acceptors (Lipinski definition) is 4. The van der Waals surface area contributed by atoms with E-state index in [0.717, 1.165) is 22.4 Å². The highest BCUT2D eigenvalue weighted by molar-refractivity contribution is 5.83. The largest absolute Gasteiger partial charge is 0.494 e. The van der Waals surface area contributed by atoms with Gasteiger partial charge in [0.15, 0.2) is 6.61 Å². The third-order valence-electron chi connectivity index (χ3n) is 3.16. The fourth-order valence-corrected chi connectivity index (χ4v) is 2.19. The van der Waals surface area contributed by atoms with Crippen LogP contribution in [0.5, 0.6) is 11.5 Å². The van der Waals surface area contributed by atoms with Gasteiger partial charge in [-0.15, -0.1) is 0 Å². The topological polar surface area (TPSA) is 59.9 Å². The van der Waals surface area contributed by atoms with Gasteiger partial charge < -0.3 is 9.47 Å². The second-order valence-corrected chi connectivity index (χ2v) is 5.41. The summed E-state index contributed by atoms with van der Waals surface area (Å²) in [6.45, 7) is 6.46. The van der Waals surface area contributed by atoms with Gasteiger partial charge in [0.2, 0.25) is 0 Å². The number of aryl methyl sites for hydroxylation is 2. The highest BCUT2D eigenvalue weighted by atomic mass is 16.5. The van der Waals surface area contributed by atoms with Gasteiger partial charge in [0.1, 0.15) is 11.5 Å². The van der Waals surface area contributed by atoms with E-state index in [1.54, 1.807) is 6.21 Å². The summed E-state index contributed by atoms with van der Waals surface area (Å²) in [6, 6.07) is 13.3. The number of carbonyl (C=O) groups is 1. The first kappa shape index (κ1) is 17.5. The Morgan fingerprint density at radius 1 is 1.04 bits per heavy atom. The Hall–Kier alpha value is -2.82. The van der Waals surface area contributed by atoms with Crippen LogP contribution in [0, 0.1) is 13.8 Å². The molecule has 0 radical (unpaired) electrons. The van der Waals surface area contributed by atoms with Crippen molar-refractivity contribution in [3.8, 4) is 11.5 Å². The molecule has 0 aliphatic rings. The Morgan fingerprint density at radius 3 is 2.33 bits per heavy atom. The van der Waals surface area contributed by atoms with E-state index in [9.17, 15) is 4.79 Å². The summed E-state index contributed by atoms with van der Waals surface area (Å²) in [4.78, 5) is 11.7. The quantitative estimate of drug-likeness (QED) is 0.628. The van der Waals surface area contributed by atoms with E-state index in [2.05, 4.69) is 10.5 Å². The zero-order valence-electron chi connectivity index (χ0n) is 14.2. The van der Waals surface area contributed by atoms with Crippen LogP contribution in [0.2, 0.25) is 0 Å². The second-order valence-electron chi connectivity index (χ2n) is 5.41. The average Bonchev–Trinajstić information content (AvgIpc) is 2.54. The molecule has 5 nitrogen and oxygen atoms in total. The number of hydrazone groups is 1. The van der Waals surface area contributed by atoms with Crippen molar-refractivity contribution in [3.63, 3.8) is 0 Å². The molecule has 0 atom stereocenters. The molecule has 0 unspecified atom stereocenters. The molecule has 1 N–H and O–H groups in total. The molecule has 24 heavy (non-hydrogen) atoms. The predicted octanol–water partition coefficient (Wildman–Crippen LogP) is 3.23. The molecule has 0 saturated heterocycles. The van der Waals surface area contributed by atoms with Gasteiger partial charge in [-0.1, -0.05) is 6.07 Å². The van der Waals surface area contributed by atoms with E-state index < -0.39 is 0 Å². The molecule has 0 fully saturated rings. The molecule has 0 saturated carbocycles. The van der Waals surface area contributed by atoms with Gasteiger partial charge in [-0.3, -0.25) is 4.79 Å². The van der Waals surface area contributed by atoms with Crippen LogP contribution in [0.4, 0.5) is 0 Å². The van der Waals surface area contributed by atoms with Crippen molar-refractivity contribution < 1.29 is 14.3 Å². The summed E-state index contributed by atoms with van der Waals surface area (Å²) in [5.41, 5.74) is 5.51. The van der Waals surface area contributed by atoms with Crippen molar-refractivity contribution in [2.75, 3.05) is 13.2 Å². The number of nitrogens with one attached hydrogen (secondary N) is 1. The van der Waals surface area contributed by atoms with Crippen molar-refractivity contribution in [2.24, 2.45) is 5.10 Å². The number of carbonyl (C=O) groups excluding carboxylic acids is 1. The lowest BCUT2D eigenvalue weighted by Gasteiger charge is -2.07. The van der Waals surface area contributed by atoms with E-state index in [-0.39, 0.29) is 12.5 Å². The lowest BCUT2D eigenvalue weighted by atomic mass is 10.1. The summed E-state index contributed by atoms with van der Waals surface area (Å²) in [5, 5.41) is 3.92. The van der Waals surface area contributed by atoms with Gasteiger partial charge >= 0.3 is 0 Å². The van der Waals surface area contributed by atoms with Gasteiger partial charge in [0, 0.05) is 0 Å². The number of nitrogens with zero attached hydrogens (tertiary/aromatic N) is 1. The predicted molar refractivity (Wildman–Crippen MR) is 94.8 cm³/mol. The fraction of sp³-hybridized carbons (Fsp3) is 0.263. The summed E-state index contributed by atoms with van der Waals surface area (Å²) in [6.07, 6.45) is 1.57. The van der Waals surface area contributed by atoms with E-state index in [4.69, 9.17) is 9.47 Å². The molecule has 2 rings (SSSR count). The van der Waals surface area contributed by atoms with Crippen LogP contribution in [-0.2, 0) is 4.79 Å². The van der Waals surface area contributed by atoms with Gasteiger partial charge in [0.05, 0.1) is 12.8 Å². The standard InChI is InChI=1S/C19H22N2O3/c1-4-23-17-7-5-16(6-8-17)12-20-21-19(22)13-24-18-10-14(2)9-15(3)11-18/h5-12H,4,13H2,1-3H3,(H,21,22). The number of ether oxygens (including phenoxy) is 2. The molecule has 2 aromatic rings. The maximum absolute atomic E-state index is 11.7. The van der Waals surface area contributed by atoms with Crippen molar-refractivity contribution in [3.05, 3.63) is 59.2 Å². The first-order valence-corrected chi connectivity index (χ1v) is 7.82. The molecule has 0 spiro atoms. The van der Waals surface area contributed by atoms with E-state index in [1.165, 1.54) is 0 Å². The lowest BCUT2D eigenvalue weighted by Crippen LogP contribution is -2.24. The SMILES string of the molecule is CCOc1ccc(C=NNC(=O)COc2cc(C)cc(C)c2)cc1. The lowest BCUT2D eigenvalue weighted by molar-refractivity contribution is -0.123. The summed E-state index contributed by atoms with van der Waals surface area (Å²) in [7, 11) is 0. The van der Waals surface area contributed by atoms with Gasteiger partial charge in [0.25, 0.3) is 5.91 Å². The Labute approximate surface area is 142 Å². The van der Waals surface area contributed by atoms with E-state index in [1.807, 2.05) is 63.2 Å². The second kappa shape index (κ2) is 8.72. The number of hydrogen-bond donors (Lipinski definition) is 1. The molecular weight excluding hydrogens is 304 g/mol. The first-order chi connectivity index (χ1) is 11.6. The number of benzene rings is 2. The van der Waals surface area contributed by atoms with Crippen LogP contribution in [0.15, 0.2) is 47.6 Å². The highest BCUT2D eigenvalue weighted by Gasteiger charge is 2.02. The van der Waals surface area contributed by atoms with Crippen LogP contribution in [0.1, 0.15) is 23.6 Å². The van der Waals surface area contributed by atoms with Crippen molar-refractivity contribution in [1.82, 2.24) is 5.43 Å². The average molecular weight is 326 g/mol. The molecular formula is C19H22N2O3. The van der Waals surface area contributed by atoms with Gasteiger partial charge in [-0.2, -0.15) is 5.10 Å². The van der Waals surface area contributed by atoms with Crippen molar-refractivity contribution >= 4 is 12.1 Å². The first-order valence-electron chi connectivity index (χ1n) is 7.82. The van der Waals surface area contributed by atoms with Crippen LogP contribution < -0.4 is 14.9 Å². The zero-order chi connectivity index (χ0) is 17.4. The number of amides is 1. The minimum atomic E-state index is -0.309. The Balaban J connectivity index is 1.79. The molecule has 0 aliphatic heterocycles. The summed E-state index contributed by atoms with van der Waals surface area (Å²) >= 11 is 0. The molecule has 126 valence electrons.